The molecule has 4 aromatic rings. The number of rotatable bonds is 2. The van der Waals surface area contributed by atoms with E-state index in [1.165, 1.54) is 11.3 Å². The highest BCUT2D eigenvalue weighted by Crippen LogP contribution is 2.41. The number of fused-ring (bicyclic) bond motifs is 2. The van der Waals surface area contributed by atoms with Crippen LogP contribution in [0.15, 0.2) is 61.1 Å². The zero-order valence-corrected chi connectivity index (χ0v) is 14.2. The predicted molar refractivity (Wildman–Crippen MR) is 98.7 cm³/mol. The van der Waals surface area contributed by atoms with E-state index >= 15 is 0 Å². The zero-order valence-electron chi connectivity index (χ0n) is 13.4. The molecule has 1 aliphatic rings. The Hall–Kier alpha value is -2.72. The fourth-order valence-electron chi connectivity index (χ4n) is 3.80. The molecule has 0 radical (unpaired) electrons. The molecule has 1 unspecified atom stereocenters. The minimum atomic E-state index is 0.284. The Morgan fingerprint density at radius 3 is 2.88 bits per heavy atom. The number of benzene rings is 1. The summed E-state index contributed by atoms with van der Waals surface area (Å²) < 4.78 is 2.11. The average Bonchev–Trinajstić information content (AvgIpc) is 3.24. The van der Waals surface area contributed by atoms with Crippen LogP contribution in [0.25, 0.3) is 22.2 Å². The molecular formula is C20H15ClN4. The van der Waals surface area contributed by atoms with Crippen LogP contribution in [0.5, 0.6) is 0 Å². The highest BCUT2D eigenvalue weighted by atomic mass is 35.5. The van der Waals surface area contributed by atoms with Crippen molar-refractivity contribution in [1.29, 1.82) is 0 Å². The molecule has 4 heterocycles. The highest BCUT2D eigenvalue weighted by Gasteiger charge is 2.30. The van der Waals surface area contributed by atoms with Crippen LogP contribution in [0.4, 0.5) is 0 Å². The van der Waals surface area contributed by atoms with Gasteiger partial charge in [0, 0.05) is 40.8 Å². The van der Waals surface area contributed by atoms with Crippen molar-refractivity contribution in [2.75, 3.05) is 0 Å². The van der Waals surface area contributed by atoms with Crippen molar-refractivity contribution in [2.45, 2.75) is 18.9 Å². The van der Waals surface area contributed by atoms with Crippen molar-refractivity contribution >= 4 is 22.5 Å². The molecule has 1 atom stereocenters. The van der Waals surface area contributed by atoms with Gasteiger partial charge in [-0.3, -0.25) is 14.6 Å². The number of nitrogens with zero attached hydrogens (tertiary/aromatic N) is 4. The lowest BCUT2D eigenvalue weighted by Crippen LogP contribution is -2.01. The maximum absolute atomic E-state index is 6.14. The van der Waals surface area contributed by atoms with E-state index < -0.39 is 0 Å². The second-order valence-electron chi connectivity index (χ2n) is 6.28. The summed E-state index contributed by atoms with van der Waals surface area (Å²) in [6.07, 6.45) is 6.66. The van der Waals surface area contributed by atoms with Crippen molar-refractivity contribution < 1.29 is 0 Å². The Morgan fingerprint density at radius 1 is 1.04 bits per heavy atom. The number of aromatic nitrogens is 4. The third kappa shape index (κ3) is 2.33. The van der Waals surface area contributed by atoms with Crippen LogP contribution in [-0.4, -0.2) is 19.7 Å². The molecule has 1 aliphatic heterocycles. The Morgan fingerprint density at radius 2 is 2.00 bits per heavy atom. The van der Waals surface area contributed by atoms with Crippen LogP contribution in [0.2, 0.25) is 5.02 Å². The summed E-state index contributed by atoms with van der Waals surface area (Å²) in [5.41, 5.74) is 5.53. The van der Waals surface area contributed by atoms with Crippen LogP contribution >= 0.6 is 11.6 Å². The number of pyridine rings is 2. The van der Waals surface area contributed by atoms with Crippen molar-refractivity contribution in [1.82, 2.24) is 19.7 Å². The molecule has 0 fully saturated rings. The minimum Gasteiger partial charge on any atom is -0.268 e. The molecule has 0 saturated heterocycles. The van der Waals surface area contributed by atoms with Crippen LogP contribution in [0.3, 0.4) is 0 Å². The van der Waals surface area contributed by atoms with E-state index in [-0.39, 0.29) is 5.92 Å². The van der Waals surface area contributed by atoms with E-state index in [0.717, 1.165) is 35.1 Å². The first kappa shape index (κ1) is 14.6. The number of halogens is 1. The van der Waals surface area contributed by atoms with Gasteiger partial charge in [-0.25, -0.2) is 0 Å². The maximum Gasteiger partial charge on any atom is 0.0736 e. The van der Waals surface area contributed by atoms with Gasteiger partial charge in [-0.1, -0.05) is 23.7 Å². The van der Waals surface area contributed by atoms with Gasteiger partial charge < -0.3 is 0 Å². The molecule has 5 rings (SSSR count). The molecule has 4 nitrogen and oxygen atoms in total. The van der Waals surface area contributed by atoms with Crippen molar-refractivity contribution in [3.63, 3.8) is 0 Å². The molecule has 0 aliphatic carbocycles. The summed E-state index contributed by atoms with van der Waals surface area (Å²) in [6, 6.07) is 14.0. The van der Waals surface area contributed by atoms with E-state index in [1.54, 1.807) is 0 Å². The Kier molecular flexibility index (Phi) is 3.31. The number of aryl methyl sites for hydroxylation is 1. The summed E-state index contributed by atoms with van der Waals surface area (Å²) >= 11 is 6.14. The fourth-order valence-corrected chi connectivity index (χ4v) is 3.96. The molecule has 0 spiro atoms. The SMILES string of the molecule is Clc1ccc2c(C3CCn4ncc(-c5ccccn5)c43)ccnc2c1. The molecular weight excluding hydrogens is 332 g/mol. The third-order valence-electron chi connectivity index (χ3n) is 4.89. The fraction of sp³-hybridized carbons (Fsp3) is 0.150. The van der Waals surface area contributed by atoms with Crippen LogP contribution in [-0.2, 0) is 6.54 Å². The van der Waals surface area contributed by atoms with Crippen LogP contribution < -0.4 is 0 Å². The summed E-state index contributed by atoms with van der Waals surface area (Å²) in [5.74, 6) is 0.284. The van der Waals surface area contributed by atoms with E-state index in [0.29, 0.717) is 5.02 Å². The Balaban J connectivity index is 1.69. The first-order valence-corrected chi connectivity index (χ1v) is 8.70. The van der Waals surface area contributed by atoms with Gasteiger partial charge in [0.2, 0.25) is 0 Å². The van der Waals surface area contributed by atoms with E-state index in [4.69, 9.17) is 11.6 Å². The molecule has 1 aromatic carbocycles. The molecule has 0 N–H and O–H groups in total. The van der Waals surface area contributed by atoms with Gasteiger partial charge in [0.1, 0.15) is 0 Å². The van der Waals surface area contributed by atoms with Gasteiger partial charge >= 0.3 is 0 Å². The first-order chi connectivity index (χ1) is 12.3. The van der Waals surface area contributed by atoms with E-state index in [2.05, 4.69) is 31.9 Å². The Bertz CT molecular complexity index is 1070. The molecule has 0 saturated carbocycles. The summed E-state index contributed by atoms with van der Waals surface area (Å²) in [7, 11) is 0. The average molecular weight is 347 g/mol. The lowest BCUT2D eigenvalue weighted by atomic mass is 9.90. The van der Waals surface area contributed by atoms with Gasteiger partial charge in [0.25, 0.3) is 0 Å². The van der Waals surface area contributed by atoms with Crippen LogP contribution in [0, 0.1) is 0 Å². The monoisotopic (exact) mass is 346 g/mol. The van der Waals surface area contributed by atoms with Gasteiger partial charge in [0.15, 0.2) is 0 Å². The molecule has 5 heteroatoms. The lowest BCUT2D eigenvalue weighted by Gasteiger charge is -2.14. The highest BCUT2D eigenvalue weighted by molar-refractivity contribution is 6.31. The maximum atomic E-state index is 6.14. The Labute approximate surface area is 150 Å². The lowest BCUT2D eigenvalue weighted by molar-refractivity contribution is 0.649. The standard InChI is InChI=1S/C20H15ClN4/c21-13-4-5-15-14(6-9-23-19(15)11-13)16-7-10-25-20(16)17(12-24-25)18-3-1-2-8-22-18/h1-6,8-9,11-12,16H,7,10H2. The molecule has 25 heavy (non-hydrogen) atoms. The topological polar surface area (TPSA) is 43.6 Å². The first-order valence-electron chi connectivity index (χ1n) is 8.32. The molecule has 3 aromatic heterocycles. The quantitative estimate of drug-likeness (QED) is 0.529. The van der Waals surface area contributed by atoms with Gasteiger partial charge in [-0.15, -0.1) is 0 Å². The predicted octanol–water partition coefficient (Wildman–Crippen LogP) is 4.68. The van der Waals surface area contributed by atoms with Gasteiger partial charge in [0.05, 0.1) is 23.1 Å². The van der Waals surface area contributed by atoms with Crippen molar-refractivity contribution in [3.05, 3.63) is 77.3 Å². The second kappa shape index (κ2) is 5.67. The number of hydrogen-bond donors (Lipinski definition) is 0. The van der Waals surface area contributed by atoms with Crippen LogP contribution in [0.1, 0.15) is 23.6 Å². The molecule has 0 amide bonds. The summed E-state index contributed by atoms with van der Waals surface area (Å²) in [4.78, 5) is 9.00. The molecule has 0 bridgehead atoms. The van der Waals surface area contributed by atoms with E-state index in [1.807, 2.05) is 48.9 Å². The van der Waals surface area contributed by atoms with E-state index in [9.17, 15) is 0 Å². The zero-order chi connectivity index (χ0) is 16.8. The largest absolute Gasteiger partial charge is 0.268 e. The third-order valence-corrected chi connectivity index (χ3v) is 5.13. The normalized spacial score (nSPS) is 16.3. The van der Waals surface area contributed by atoms with Gasteiger partial charge in [-0.05, 0) is 42.3 Å². The second-order valence-corrected chi connectivity index (χ2v) is 6.72. The smallest absolute Gasteiger partial charge is 0.0736 e. The molecule has 122 valence electrons. The van der Waals surface area contributed by atoms with Crippen molar-refractivity contribution in [3.8, 4) is 11.3 Å². The summed E-state index contributed by atoms with van der Waals surface area (Å²) in [5, 5.41) is 6.45. The minimum absolute atomic E-state index is 0.284. The van der Waals surface area contributed by atoms with Crippen molar-refractivity contribution in [2.24, 2.45) is 0 Å². The van der Waals surface area contributed by atoms with Gasteiger partial charge in [-0.2, -0.15) is 5.10 Å². The summed E-state index contributed by atoms with van der Waals surface area (Å²) in [6.45, 7) is 0.921. The number of hydrogen-bond acceptors (Lipinski definition) is 3.